The number of carbonyl (C=O) groups excluding carboxylic acids is 1. The molecule has 1 aromatic rings. The fraction of sp³-hybridized carbons (Fsp3) is 0.273. The van der Waals surface area contributed by atoms with Crippen molar-refractivity contribution >= 4 is 39.5 Å². The van der Waals surface area contributed by atoms with Crippen molar-refractivity contribution in [1.82, 2.24) is 4.90 Å². The fourth-order valence-electron chi connectivity index (χ4n) is 1.79. The van der Waals surface area contributed by atoms with Gasteiger partial charge in [0, 0.05) is 11.4 Å². The average Bonchev–Trinajstić information content (AvgIpc) is 2.87. The van der Waals surface area contributed by atoms with E-state index in [2.05, 4.69) is 5.32 Å². The van der Waals surface area contributed by atoms with Gasteiger partial charge in [0.05, 0.1) is 10.8 Å². The molecule has 0 bridgehead atoms. The topological polar surface area (TPSA) is 130 Å². The molecule has 8 nitrogen and oxygen atoms in total. The molecule has 1 aliphatic heterocycles. The lowest BCUT2D eigenvalue weighted by Gasteiger charge is -2.21. The molecule has 2 amide bonds. The second-order valence-corrected chi connectivity index (χ2v) is 6.89. The number of aliphatic carboxylic acids is 1. The van der Waals surface area contributed by atoms with Crippen LogP contribution in [0.25, 0.3) is 0 Å². The van der Waals surface area contributed by atoms with Crippen LogP contribution in [-0.2, 0) is 14.8 Å². The number of hydrogen-bond acceptors (Lipinski definition) is 5. The van der Waals surface area contributed by atoms with E-state index in [9.17, 15) is 18.0 Å². The Morgan fingerprint density at radius 1 is 1.43 bits per heavy atom. The zero-order chi connectivity index (χ0) is 15.6. The minimum atomic E-state index is -3.87. The lowest BCUT2D eigenvalue weighted by Crippen LogP contribution is -2.43. The summed E-state index contributed by atoms with van der Waals surface area (Å²) in [4.78, 5) is 24.1. The molecule has 1 atom stereocenters. The number of nitrogens with one attached hydrogen (secondary N) is 1. The van der Waals surface area contributed by atoms with Crippen molar-refractivity contribution < 1.29 is 23.1 Å². The number of hydrogen-bond donors (Lipinski definition) is 3. The molecule has 114 valence electrons. The fourth-order valence-corrected chi connectivity index (χ4v) is 3.50. The third kappa shape index (κ3) is 3.65. The van der Waals surface area contributed by atoms with Crippen molar-refractivity contribution in [3.63, 3.8) is 0 Å². The number of urea groups is 1. The largest absolute Gasteiger partial charge is 0.480 e. The highest BCUT2D eigenvalue weighted by molar-refractivity contribution is 7.99. The Labute approximate surface area is 125 Å². The van der Waals surface area contributed by atoms with E-state index in [0.29, 0.717) is 5.75 Å². The molecule has 0 saturated carbocycles. The van der Waals surface area contributed by atoms with Crippen LogP contribution < -0.4 is 10.5 Å². The number of nitrogens with two attached hydrogens (primary N) is 1. The van der Waals surface area contributed by atoms with Gasteiger partial charge in [0.15, 0.2) is 0 Å². The number of benzene rings is 1. The highest BCUT2D eigenvalue weighted by atomic mass is 32.2. The van der Waals surface area contributed by atoms with Crippen LogP contribution in [0, 0.1) is 0 Å². The molecule has 1 fully saturated rings. The van der Waals surface area contributed by atoms with Crippen molar-refractivity contribution in [2.75, 3.05) is 16.9 Å². The van der Waals surface area contributed by atoms with Gasteiger partial charge in [-0.2, -0.15) is 0 Å². The lowest BCUT2D eigenvalue weighted by atomic mass is 10.3. The summed E-state index contributed by atoms with van der Waals surface area (Å²) >= 11 is 1.33. The molecule has 1 aromatic carbocycles. The van der Waals surface area contributed by atoms with Gasteiger partial charge < -0.3 is 15.3 Å². The number of sulfonamides is 1. The van der Waals surface area contributed by atoms with Crippen LogP contribution in [0.5, 0.6) is 0 Å². The van der Waals surface area contributed by atoms with E-state index in [4.69, 9.17) is 10.2 Å². The average molecular weight is 331 g/mol. The third-order valence-electron chi connectivity index (χ3n) is 2.84. The number of carbonyl (C=O) groups is 2. The highest BCUT2D eigenvalue weighted by Gasteiger charge is 2.34. The number of anilines is 1. The van der Waals surface area contributed by atoms with Crippen molar-refractivity contribution in [2.45, 2.75) is 10.9 Å². The Kier molecular flexibility index (Phi) is 4.40. The van der Waals surface area contributed by atoms with E-state index in [1.165, 1.54) is 40.9 Å². The van der Waals surface area contributed by atoms with E-state index in [-0.39, 0.29) is 16.5 Å². The van der Waals surface area contributed by atoms with Crippen molar-refractivity contribution in [3.05, 3.63) is 24.3 Å². The normalized spacial score (nSPS) is 18.5. The SMILES string of the molecule is NS(=O)(=O)c1cccc(NC(=O)N2CSC[C@H]2C(=O)O)c1. The van der Waals surface area contributed by atoms with E-state index in [0.717, 1.165) is 0 Å². The molecule has 1 aliphatic rings. The van der Waals surface area contributed by atoms with Crippen LogP contribution in [0.3, 0.4) is 0 Å². The summed E-state index contributed by atoms with van der Waals surface area (Å²) in [6.45, 7) is 0. The molecule has 10 heteroatoms. The van der Waals surface area contributed by atoms with Crippen molar-refractivity contribution in [1.29, 1.82) is 0 Å². The van der Waals surface area contributed by atoms with Gasteiger partial charge in [0.2, 0.25) is 10.0 Å². The monoisotopic (exact) mass is 331 g/mol. The smallest absolute Gasteiger partial charge is 0.327 e. The summed E-state index contributed by atoms with van der Waals surface area (Å²) in [7, 11) is -3.87. The summed E-state index contributed by atoms with van der Waals surface area (Å²) < 4.78 is 22.5. The first-order valence-corrected chi connectivity index (χ1v) is 8.50. The molecule has 0 unspecified atom stereocenters. The Morgan fingerprint density at radius 2 is 2.14 bits per heavy atom. The Morgan fingerprint density at radius 3 is 2.76 bits per heavy atom. The summed E-state index contributed by atoms with van der Waals surface area (Å²) in [5, 5.41) is 16.5. The molecular weight excluding hydrogens is 318 g/mol. The number of rotatable bonds is 3. The molecule has 0 aliphatic carbocycles. The van der Waals surface area contributed by atoms with Gasteiger partial charge in [-0.15, -0.1) is 11.8 Å². The second-order valence-electron chi connectivity index (χ2n) is 4.33. The molecule has 1 saturated heterocycles. The number of amides is 2. The third-order valence-corrected chi connectivity index (χ3v) is 4.77. The second kappa shape index (κ2) is 5.92. The number of nitrogens with zero attached hydrogens (tertiary/aromatic N) is 1. The standard InChI is InChI=1S/C11H13N3O5S2/c12-21(18,19)8-3-1-2-7(4-8)13-11(17)14-6-20-5-9(14)10(15)16/h1-4,9H,5-6H2,(H,13,17)(H,15,16)(H2,12,18,19)/t9-/m0/s1. The molecule has 0 radical (unpaired) electrons. The predicted molar refractivity (Wildman–Crippen MR) is 77.4 cm³/mol. The van der Waals surface area contributed by atoms with Gasteiger partial charge in [-0.25, -0.2) is 23.1 Å². The molecular formula is C11H13N3O5S2. The maximum absolute atomic E-state index is 12.0. The zero-order valence-corrected chi connectivity index (χ0v) is 12.4. The maximum atomic E-state index is 12.0. The Hall–Kier alpha value is -1.78. The summed E-state index contributed by atoms with van der Waals surface area (Å²) in [6, 6.07) is 3.95. The first-order chi connectivity index (χ1) is 9.79. The van der Waals surface area contributed by atoms with Crippen LogP contribution in [0.15, 0.2) is 29.2 Å². The van der Waals surface area contributed by atoms with Gasteiger partial charge >= 0.3 is 12.0 Å². The van der Waals surface area contributed by atoms with Crippen molar-refractivity contribution in [3.8, 4) is 0 Å². The van der Waals surface area contributed by atoms with E-state index < -0.39 is 28.1 Å². The molecule has 4 N–H and O–H groups in total. The van der Waals surface area contributed by atoms with E-state index >= 15 is 0 Å². The first kappa shape index (κ1) is 15.6. The molecule has 2 rings (SSSR count). The Balaban J connectivity index is 2.15. The summed E-state index contributed by atoms with van der Waals surface area (Å²) in [5.41, 5.74) is 0.229. The van der Waals surface area contributed by atoms with Gasteiger partial charge in [-0.05, 0) is 18.2 Å². The molecule has 0 aromatic heterocycles. The quantitative estimate of drug-likeness (QED) is 0.731. The summed E-state index contributed by atoms with van der Waals surface area (Å²) in [5.74, 6) is -0.495. The number of primary sulfonamides is 1. The Bertz CT molecular complexity index is 676. The van der Waals surface area contributed by atoms with Crippen LogP contribution in [0.1, 0.15) is 0 Å². The highest BCUT2D eigenvalue weighted by Crippen LogP contribution is 2.22. The van der Waals surface area contributed by atoms with E-state index in [1.54, 1.807) is 0 Å². The number of thioether (sulfide) groups is 1. The van der Waals surface area contributed by atoms with Crippen LogP contribution in [-0.4, -0.2) is 48.1 Å². The maximum Gasteiger partial charge on any atom is 0.327 e. The minimum Gasteiger partial charge on any atom is -0.480 e. The van der Waals surface area contributed by atoms with Crippen LogP contribution in [0.2, 0.25) is 0 Å². The van der Waals surface area contributed by atoms with Gasteiger partial charge in [-0.1, -0.05) is 6.07 Å². The predicted octanol–water partition coefficient (Wildman–Crippen LogP) is 0.325. The number of carboxylic acid groups (broad SMARTS) is 1. The zero-order valence-electron chi connectivity index (χ0n) is 10.7. The molecule has 1 heterocycles. The molecule has 0 spiro atoms. The summed E-state index contributed by atoms with van der Waals surface area (Å²) in [6.07, 6.45) is 0. The van der Waals surface area contributed by atoms with Crippen LogP contribution in [0.4, 0.5) is 10.5 Å². The minimum absolute atomic E-state index is 0.133. The van der Waals surface area contributed by atoms with Crippen molar-refractivity contribution in [2.24, 2.45) is 5.14 Å². The van der Waals surface area contributed by atoms with Gasteiger partial charge in [0.25, 0.3) is 0 Å². The van der Waals surface area contributed by atoms with Gasteiger partial charge in [-0.3, -0.25) is 0 Å². The molecule has 21 heavy (non-hydrogen) atoms. The first-order valence-electron chi connectivity index (χ1n) is 5.80. The lowest BCUT2D eigenvalue weighted by molar-refractivity contribution is -0.140. The van der Waals surface area contributed by atoms with Gasteiger partial charge in [0.1, 0.15) is 6.04 Å². The van der Waals surface area contributed by atoms with Crippen LogP contribution >= 0.6 is 11.8 Å². The van der Waals surface area contributed by atoms with E-state index in [1.807, 2.05) is 0 Å². The number of carboxylic acids is 1.